The number of aromatic nitrogens is 2. The van der Waals surface area contributed by atoms with Crippen molar-refractivity contribution >= 4 is 29.6 Å². The van der Waals surface area contributed by atoms with Crippen LogP contribution in [0.5, 0.6) is 0 Å². The zero-order valence-corrected chi connectivity index (χ0v) is 11.5. The Hall–Kier alpha value is -1.14. The number of rotatable bonds is 5. The molecule has 0 saturated carbocycles. The van der Waals surface area contributed by atoms with Crippen molar-refractivity contribution in [2.75, 3.05) is 12.0 Å². The van der Waals surface area contributed by atoms with Crippen LogP contribution in [0.1, 0.15) is 10.4 Å². The number of halogens is 3. The van der Waals surface area contributed by atoms with Crippen molar-refractivity contribution in [3.05, 3.63) is 33.9 Å². The number of thiophene rings is 1. The number of aryl methyl sites for hydroxylation is 2. The topological polar surface area (TPSA) is 29.9 Å². The Morgan fingerprint density at radius 2 is 2.22 bits per heavy atom. The van der Waals surface area contributed by atoms with E-state index in [0.29, 0.717) is 6.54 Å². The van der Waals surface area contributed by atoms with Crippen LogP contribution in [0.15, 0.2) is 18.3 Å². The van der Waals surface area contributed by atoms with Crippen molar-refractivity contribution in [1.29, 1.82) is 0 Å². The number of nitrogens with one attached hydrogen (secondary N) is 1. The maximum atomic E-state index is 12.8. The second kappa shape index (κ2) is 6.70. The van der Waals surface area contributed by atoms with Crippen LogP contribution in [-0.2, 0) is 13.1 Å². The van der Waals surface area contributed by atoms with Gasteiger partial charge in [-0.15, -0.1) is 23.7 Å². The first-order chi connectivity index (χ1) is 8.20. The van der Waals surface area contributed by atoms with E-state index in [2.05, 4.69) is 10.4 Å². The summed E-state index contributed by atoms with van der Waals surface area (Å²) >= 11 is 1.10. The monoisotopic (exact) mass is 293 g/mol. The predicted molar refractivity (Wildman–Crippen MR) is 71.8 cm³/mol. The third-order valence-electron chi connectivity index (χ3n) is 2.38. The van der Waals surface area contributed by atoms with Gasteiger partial charge in [0, 0.05) is 10.4 Å². The fraction of sp³-hybridized carbons (Fsp3) is 0.364. The summed E-state index contributed by atoms with van der Waals surface area (Å²) in [5.41, 5.74) is 0.954. The molecule has 1 N–H and O–H groups in total. The summed E-state index contributed by atoms with van der Waals surface area (Å²) in [4.78, 5) is 0.898. The molecule has 2 rings (SSSR count). The van der Waals surface area contributed by atoms with E-state index in [0.717, 1.165) is 27.6 Å². The number of hydrogen-bond acceptors (Lipinski definition) is 3. The average molecular weight is 294 g/mol. The first-order valence-corrected chi connectivity index (χ1v) is 6.09. The van der Waals surface area contributed by atoms with E-state index in [-0.39, 0.29) is 24.1 Å². The fourth-order valence-electron chi connectivity index (χ4n) is 1.58. The quantitative estimate of drug-likeness (QED) is 0.916. The van der Waals surface area contributed by atoms with Crippen molar-refractivity contribution in [3.63, 3.8) is 0 Å². The lowest BCUT2D eigenvalue weighted by molar-refractivity contribution is 0.429. The van der Waals surface area contributed by atoms with E-state index in [4.69, 9.17) is 0 Å². The number of alkyl halides is 1. The third-order valence-corrected chi connectivity index (χ3v) is 3.25. The molecule has 0 spiro atoms. The van der Waals surface area contributed by atoms with Gasteiger partial charge in [0.1, 0.15) is 12.5 Å². The number of anilines is 1. The molecule has 100 valence electrons. The molecule has 0 unspecified atom stereocenters. The fourth-order valence-corrected chi connectivity index (χ4v) is 2.24. The first kappa shape index (κ1) is 14.9. The molecule has 0 aliphatic rings. The normalized spacial score (nSPS) is 10.2. The van der Waals surface area contributed by atoms with E-state index < -0.39 is 6.67 Å². The molecule has 0 bridgehead atoms. The molecular formula is C11H14ClF2N3S. The van der Waals surface area contributed by atoms with Crippen molar-refractivity contribution in [3.8, 4) is 0 Å². The zero-order valence-electron chi connectivity index (χ0n) is 9.82. The van der Waals surface area contributed by atoms with Gasteiger partial charge in [0.05, 0.1) is 19.3 Å². The van der Waals surface area contributed by atoms with E-state index in [1.807, 2.05) is 6.92 Å². The molecule has 2 heterocycles. The number of nitrogens with zero attached hydrogens (tertiary/aromatic N) is 2. The van der Waals surface area contributed by atoms with Crippen LogP contribution in [0.25, 0.3) is 0 Å². The highest BCUT2D eigenvalue weighted by molar-refractivity contribution is 7.10. The lowest BCUT2D eigenvalue weighted by Gasteiger charge is -2.08. The van der Waals surface area contributed by atoms with Gasteiger partial charge in [0.15, 0.2) is 5.13 Å². The summed E-state index contributed by atoms with van der Waals surface area (Å²) in [6.07, 6.45) is 1.69. The van der Waals surface area contributed by atoms with Gasteiger partial charge in [0.2, 0.25) is 0 Å². The smallest absolute Gasteiger partial charge is 0.176 e. The SMILES string of the molecule is Cc1cnn(CCF)c1NCc1ccc(F)s1.Cl. The Bertz CT molecular complexity index is 498. The van der Waals surface area contributed by atoms with Crippen LogP contribution in [0.2, 0.25) is 0 Å². The molecule has 0 aromatic carbocycles. The maximum absolute atomic E-state index is 12.8. The predicted octanol–water partition coefficient (Wildman–Crippen LogP) is 3.40. The van der Waals surface area contributed by atoms with Gasteiger partial charge in [-0.1, -0.05) is 0 Å². The summed E-state index contributed by atoms with van der Waals surface area (Å²) in [6.45, 7) is 2.20. The van der Waals surface area contributed by atoms with Gasteiger partial charge in [-0.2, -0.15) is 9.49 Å². The van der Waals surface area contributed by atoms with Gasteiger partial charge in [-0.25, -0.2) is 9.07 Å². The second-order valence-corrected chi connectivity index (χ2v) is 4.77. The van der Waals surface area contributed by atoms with Crippen molar-refractivity contribution in [1.82, 2.24) is 9.78 Å². The Morgan fingerprint density at radius 1 is 1.44 bits per heavy atom. The molecule has 0 aliphatic carbocycles. The van der Waals surface area contributed by atoms with Crippen LogP contribution < -0.4 is 5.32 Å². The summed E-state index contributed by atoms with van der Waals surface area (Å²) in [5.74, 6) is 0.788. The molecule has 3 nitrogen and oxygen atoms in total. The molecule has 18 heavy (non-hydrogen) atoms. The zero-order chi connectivity index (χ0) is 12.3. The van der Waals surface area contributed by atoms with Crippen LogP contribution in [-0.4, -0.2) is 16.5 Å². The lowest BCUT2D eigenvalue weighted by Crippen LogP contribution is -2.09. The highest BCUT2D eigenvalue weighted by Crippen LogP contribution is 2.18. The maximum Gasteiger partial charge on any atom is 0.176 e. The minimum atomic E-state index is -0.455. The van der Waals surface area contributed by atoms with Crippen LogP contribution in [0.3, 0.4) is 0 Å². The molecule has 0 amide bonds. The molecule has 0 aliphatic heterocycles. The largest absolute Gasteiger partial charge is 0.365 e. The van der Waals surface area contributed by atoms with Crippen molar-refractivity contribution in [2.24, 2.45) is 0 Å². The van der Waals surface area contributed by atoms with Crippen LogP contribution in [0, 0.1) is 12.1 Å². The van der Waals surface area contributed by atoms with E-state index in [9.17, 15) is 8.78 Å². The molecule has 2 aromatic rings. The Balaban J connectivity index is 0.00000162. The third kappa shape index (κ3) is 3.43. The lowest BCUT2D eigenvalue weighted by atomic mass is 10.3. The molecule has 0 fully saturated rings. The minimum absolute atomic E-state index is 0. The van der Waals surface area contributed by atoms with E-state index in [1.165, 1.54) is 6.07 Å². The van der Waals surface area contributed by atoms with Crippen LogP contribution >= 0.6 is 23.7 Å². The van der Waals surface area contributed by atoms with Gasteiger partial charge in [0.25, 0.3) is 0 Å². The minimum Gasteiger partial charge on any atom is -0.365 e. The summed E-state index contributed by atoms with van der Waals surface area (Å²) in [7, 11) is 0. The molecule has 0 atom stereocenters. The molecule has 0 radical (unpaired) electrons. The summed E-state index contributed by atoms with van der Waals surface area (Å²) in [6, 6.07) is 3.17. The van der Waals surface area contributed by atoms with E-state index in [1.54, 1.807) is 16.9 Å². The second-order valence-electron chi connectivity index (χ2n) is 3.65. The van der Waals surface area contributed by atoms with Gasteiger partial charge in [-0.3, -0.25) is 0 Å². The summed E-state index contributed by atoms with van der Waals surface area (Å²) in [5, 5.41) is 7.02. The Morgan fingerprint density at radius 3 is 2.83 bits per heavy atom. The van der Waals surface area contributed by atoms with Gasteiger partial charge >= 0.3 is 0 Å². The standard InChI is InChI=1S/C11H13F2N3S.ClH/c1-8-6-15-16(5-4-12)11(8)14-7-9-2-3-10(13)17-9;/h2-3,6,14H,4-5,7H2,1H3;1H. The molecule has 7 heteroatoms. The molecule has 2 aromatic heterocycles. The first-order valence-electron chi connectivity index (χ1n) is 5.27. The van der Waals surface area contributed by atoms with Crippen LogP contribution in [0.4, 0.5) is 14.6 Å². The van der Waals surface area contributed by atoms with Crippen molar-refractivity contribution < 1.29 is 8.78 Å². The van der Waals surface area contributed by atoms with Gasteiger partial charge < -0.3 is 5.32 Å². The Kier molecular flexibility index (Phi) is 5.55. The Labute approximate surface area is 114 Å². The van der Waals surface area contributed by atoms with Crippen molar-refractivity contribution in [2.45, 2.75) is 20.0 Å². The number of hydrogen-bond donors (Lipinski definition) is 1. The van der Waals surface area contributed by atoms with E-state index >= 15 is 0 Å². The molecular weight excluding hydrogens is 280 g/mol. The molecule has 0 saturated heterocycles. The average Bonchev–Trinajstić information content (AvgIpc) is 2.85. The summed E-state index contributed by atoms with van der Waals surface area (Å²) < 4.78 is 26.7. The van der Waals surface area contributed by atoms with Gasteiger partial charge in [-0.05, 0) is 19.1 Å². The highest BCUT2D eigenvalue weighted by atomic mass is 35.5. The highest BCUT2D eigenvalue weighted by Gasteiger charge is 2.07.